The third-order valence-electron chi connectivity index (χ3n) is 6.24. The van der Waals surface area contributed by atoms with Gasteiger partial charge in [0.25, 0.3) is 15.2 Å². The zero-order valence-corrected chi connectivity index (χ0v) is 18.0. The predicted molar refractivity (Wildman–Crippen MR) is 115 cm³/mol. The minimum atomic E-state index is -3.73. The van der Waals surface area contributed by atoms with Gasteiger partial charge in [-0.05, 0) is 30.5 Å². The summed E-state index contributed by atoms with van der Waals surface area (Å²) < 4.78 is 29.5. The Morgan fingerprint density at radius 3 is 2.70 bits per heavy atom. The van der Waals surface area contributed by atoms with Crippen molar-refractivity contribution >= 4 is 21.4 Å². The number of nitrogens with zero attached hydrogens (tertiary/aromatic N) is 4. The SMILES string of the molecule is Cc1cc(N2CC[C@](C)(c3ccccc3)C2)cn2nc(S(=O)(=O)NC3CNC3)nc12. The molecule has 2 aliphatic heterocycles. The molecule has 1 aromatic carbocycles. The van der Waals surface area contributed by atoms with Gasteiger partial charge in [0.1, 0.15) is 0 Å². The summed E-state index contributed by atoms with van der Waals surface area (Å²) in [5, 5.41) is 7.17. The summed E-state index contributed by atoms with van der Waals surface area (Å²) in [6.45, 7) is 7.34. The van der Waals surface area contributed by atoms with Gasteiger partial charge in [0.2, 0.25) is 0 Å². The molecule has 2 saturated heterocycles. The standard InChI is InChI=1S/C21H26N6O2S/c1-15-10-18(26-9-8-21(2,14-26)16-6-4-3-5-7-16)13-27-19(15)23-20(24-27)30(28,29)25-17-11-22-12-17/h3-7,10,13,17,22,25H,8-9,11-12,14H2,1-2H3/t21-/m0/s1. The molecular formula is C21H26N6O2S. The van der Waals surface area contributed by atoms with Crippen LogP contribution in [0.5, 0.6) is 0 Å². The lowest BCUT2D eigenvalue weighted by atomic mass is 9.82. The third-order valence-corrected chi connectivity index (χ3v) is 7.53. The molecule has 2 fully saturated rings. The lowest BCUT2D eigenvalue weighted by Gasteiger charge is -2.26. The summed E-state index contributed by atoms with van der Waals surface area (Å²) in [5.74, 6) is 0. The van der Waals surface area contributed by atoms with E-state index in [2.05, 4.69) is 62.3 Å². The van der Waals surface area contributed by atoms with Crippen LogP contribution in [0.1, 0.15) is 24.5 Å². The highest BCUT2D eigenvalue weighted by atomic mass is 32.2. The first-order chi connectivity index (χ1) is 14.3. The number of sulfonamides is 1. The Hall–Kier alpha value is -2.49. The first-order valence-electron chi connectivity index (χ1n) is 10.2. The van der Waals surface area contributed by atoms with Crippen LogP contribution >= 0.6 is 0 Å². The van der Waals surface area contributed by atoms with Crippen molar-refractivity contribution in [2.45, 2.75) is 36.9 Å². The highest BCUT2D eigenvalue weighted by Gasteiger charge is 2.36. The molecule has 9 heteroatoms. The molecule has 4 heterocycles. The number of aromatic nitrogens is 3. The van der Waals surface area contributed by atoms with E-state index < -0.39 is 10.0 Å². The number of nitrogens with one attached hydrogen (secondary N) is 2. The Bertz CT molecular complexity index is 1190. The third kappa shape index (κ3) is 3.36. The van der Waals surface area contributed by atoms with Crippen molar-refractivity contribution in [1.29, 1.82) is 0 Å². The molecule has 0 amide bonds. The van der Waals surface area contributed by atoms with Gasteiger partial charge in [0.15, 0.2) is 5.65 Å². The number of benzene rings is 1. The number of pyridine rings is 1. The van der Waals surface area contributed by atoms with Gasteiger partial charge in [-0.25, -0.2) is 17.7 Å². The average molecular weight is 427 g/mol. The molecule has 0 aliphatic carbocycles. The normalized spacial score (nSPS) is 22.5. The van der Waals surface area contributed by atoms with E-state index in [0.29, 0.717) is 18.7 Å². The summed E-state index contributed by atoms with van der Waals surface area (Å²) in [6, 6.07) is 12.6. The van der Waals surface area contributed by atoms with Crippen LogP contribution in [0, 0.1) is 6.92 Å². The van der Waals surface area contributed by atoms with Crippen LogP contribution in [-0.4, -0.2) is 55.2 Å². The van der Waals surface area contributed by atoms with E-state index in [1.165, 1.54) is 5.56 Å². The number of rotatable bonds is 5. The van der Waals surface area contributed by atoms with Crippen molar-refractivity contribution in [2.75, 3.05) is 31.1 Å². The molecular weight excluding hydrogens is 400 g/mol. The molecule has 8 nitrogen and oxygen atoms in total. The Morgan fingerprint density at radius 2 is 2.00 bits per heavy atom. The summed E-state index contributed by atoms with van der Waals surface area (Å²) in [7, 11) is -3.73. The van der Waals surface area contributed by atoms with Crippen LogP contribution in [0.3, 0.4) is 0 Å². The number of anilines is 1. The zero-order valence-electron chi connectivity index (χ0n) is 17.2. The average Bonchev–Trinajstić information content (AvgIpc) is 3.31. The molecule has 5 rings (SSSR count). The van der Waals surface area contributed by atoms with Crippen LogP contribution in [0.4, 0.5) is 5.69 Å². The molecule has 3 aromatic rings. The maximum atomic E-state index is 12.6. The fourth-order valence-electron chi connectivity index (χ4n) is 4.30. The van der Waals surface area contributed by atoms with E-state index >= 15 is 0 Å². The second kappa shape index (κ2) is 7.04. The topological polar surface area (TPSA) is 91.6 Å². The molecule has 0 radical (unpaired) electrons. The highest BCUT2D eigenvalue weighted by molar-refractivity contribution is 7.89. The van der Waals surface area contributed by atoms with Crippen molar-refractivity contribution in [3.05, 3.63) is 53.7 Å². The van der Waals surface area contributed by atoms with Crippen LogP contribution in [-0.2, 0) is 15.4 Å². The van der Waals surface area contributed by atoms with Crippen molar-refractivity contribution in [3.63, 3.8) is 0 Å². The fraction of sp³-hybridized carbons (Fsp3) is 0.429. The predicted octanol–water partition coefficient (Wildman–Crippen LogP) is 1.46. The molecule has 2 aromatic heterocycles. The Labute approximate surface area is 176 Å². The van der Waals surface area contributed by atoms with E-state index in [4.69, 9.17) is 0 Å². The second-order valence-electron chi connectivity index (χ2n) is 8.62. The van der Waals surface area contributed by atoms with Crippen molar-refractivity contribution in [2.24, 2.45) is 0 Å². The molecule has 1 atom stereocenters. The summed E-state index contributed by atoms with van der Waals surface area (Å²) in [5.41, 5.74) is 3.93. The van der Waals surface area contributed by atoms with Crippen LogP contribution < -0.4 is 14.9 Å². The van der Waals surface area contributed by atoms with Crippen LogP contribution in [0.15, 0.2) is 47.8 Å². The van der Waals surface area contributed by atoms with Crippen molar-refractivity contribution in [1.82, 2.24) is 24.6 Å². The summed E-state index contributed by atoms with van der Waals surface area (Å²) in [4.78, 5) is 6.64. The lowest BCUT2D eigenvalue weighted by Crippen LogP contribution is -2.56. The summed E-state index contributed by atoms with van der Waals surface area (Å²) >= 11 is 0. The first-order valence-corrected chi connectivity index (χ1v) is 11.7. The maximum Gasteiger partial charge on any atom is 0.283 e. The van der Waals surface area contributed by atoms with Gasteiger partial charge in [0, 0.05) is 37.6 Å². The molecule has 2 aliphatic rings. The highest BCUT2D eigenvalue weighted by Crippen LogP contribution is 2.36. The molecule has 0 saturated carbocycles. The Morgan fingerprint density at radius 1 is 1.23 bits per heavy atom. The second-order valence-corrected chi connectivity index (χ2v) is 10.2. The van der Waals surface area contributed by atoms with Gasteiger partial charge < -0.3 is 10.2 Å². The number of hydrogen-bond acceptors (Lipinski definition) is 6. The minimum absolute atomic E-state index is 0.0850. The van der Waals surface area contributed by atoms with E-state index in [-0.39, 0.29) is 16.6 Å². The zero-order chi connectivity index (χ0) is 20.9. The van der Waals surface area contributed by atoms with Gasteiger partial charge in [-0.2, -0.15) is 4.98 Å². The molecule has 2 N–H and O–H groups in total. The van der Waals surface area contributed by atoms with Gasteiger partial charge in [-0.1, -0.05) is 37.3 Å². The molecule has 0 spiro atoms. The molecule has 30 heavy (non-hydrogen) atoms. The smallest absolute Gasteiger partial charge is 0.283 e. The van der Waals surface area contributed by atoms with Gasteiger partial charge in [-0.3, -0.25) is 0 Å². The van der Waals surface area contributed by atoms with Crippen molar-refractivity contribution < 1.29 is 8.42 Å². The minimum Gasteiger partial charge on any atom is -0.369 e. The quantitative estimate of drug-likeness (QED) is 0.642. The molecule has 0 bridgehead atoms. The molecule has 0 unspecified atom stereocenters. The van der Waals surface area contributed by atoms with Gasteiger partial charge in [0.05, 0.1) is 11.9 Å². The molecule has 158 valence electrons. The largest absolute Gasteiger partial charge is 0.369 e. The Balaban J connectivity index is 1.44. The van der Waals surface area contributed by atoms with Crippen LogP contribution in [0.2, 0.25) is 0 Å². The Kier molecular flexibility index (Phi) is 4.57. The van der Waals surface area contributed by atoms with Gasteiger partial charge >= 0.3 is 0 Å². The van der Waals surface area contributed by atoms with Gasteiger partial charge in [-0.15, -0.1) is 5.10 Å². The van der Waals surface area contributed by atoms with E-state index in [1.54, 1.807) is 4.52 Å². The number of fused-ring (bicyclic) bond motifs is 1. The summed E-state index contributed by atoms with van der Waals surface area (Å²) in [6.07, 6.45) is 2.94. The number of aryl methyl sites for hydroxylation is 1. The van der Waals surface area contributed by atoms with E-state index in [1.807, 2.05) is 19.2 Å². The maximum absolute atomic E-state index is 12.6. The van der Waals surface area contributed by atoms with E-state index in [0.717, 1.165) is 30.8 Å². The lowest BCUT2D eigenvalue weighted by molar-refractivity contribution is 0.409. The van der Waals surface area contributed by atoms with E-state index in [9.17, 15) is 8.42 Å². The first kappa shape index (κ1) is 19.5. The monoisotopic (exact) mass is 426 g/mol. The van der Waals surface area contributed by atoms with Crippen LogP contribution in [0.25, 0.3) is 5.65 Å². The van der Waals surface area contributed by atoms with Crippen molar-refractivity contribution in [3.8, 4) is 0 Å². The number of hydrogen-bond donors (Lipinski definition) is 2. The fourth-order valence-corrected chi connectivity index (χ4v) is 5.41.